The Bertz CT molecular complexity index is 474. The average Bonchev–Trinajstić information content (AvgIpc) is 2.51. The molecule has 2 aliphatic heterocycles. The fourth-order valence-corrected chi connectivity index (χ4v) is 2.85. The third-order valence-electron chi connectivity index (χ3n) is 3.59. The van der Waals surface area contributed by atoms with E-state index in [0.717, 1.165) is 74.5 Å². The maximum Gasteiger partial charge on any atom is 0.227 e. The number of ether oxygens (including phenoxy) is 2. The van der Waals surface area contributed by atoms with E-state index in [4.69, 9.17) is 14.5 Å². The van der Waals surface area contributed by atoms with E-state index in [-0.39, 0.29) is 0 Å². The van der Waals surface area contributed by atoms with Crippen molar-refractivity contribution in [3.05, 3.63) is 10.2 Å². The molecule has 0 saturated carbocycles. The normalized spacial score (nSPS) is 20.3. The number of halogens is 1. The number of hydrogen-bond donors (Lipinski definition) is 0. The Hall–Kier alpha value is -0.920. The number of hydrogen-bond acceptors (Lipinski definition) is 6. The van der Waals surface area contributed by atoms with Crippen molar-refractivity contribution in [2.45, 2.75) is 6.92 Å². The molecule has 0 unspecified atom stereocenters. The van der Waals surface area contributed by atoms with Gasteiger partial charge in [0.15, 0.2) is 0 Å². The lowest BCUT2D eigenvalue weighted by Crippen LogP contribution is -2.39. The summed E-state index contributed by atoms with van der Waals surface area (Å²) in [7, 11) is 0. The average molecular weight is 343 g/mol. The van der Waals surface area contributed by atoms with Crippen LogP contribution in [0.1, 0.15) is 5.69 Å². The highest BCUT2D eigenvalue weighted by atomic mass is 79.9. The molecule has 2 saturated heterocycles. The Kier molecular flexibility index (Phi) is 4.38. The van der Waals surface area contributed by atoms with Gasteiger partial charge in [0.05, 0.1) is 36.6 Å². The van der Waals surface area contributed by atoms with Gasteiger partial charge in [-0.15, -0.1) is 0 Å². The molecule has 110 valence electrons. The molecule has 0 spiro atoms. The van der Waals surface area contributed by atoms with Crippen molar-refractivity contribution < 1.29 is 9.47 Å². The first kappa shape index (κ1) is 14.0. The summed E-state index contributed by atoms with van der Waals surface area (Å²) in [5.74, 6) is 1.78. The van der Waals surface area contributed by atoms with Crippen molar-refractivity contribution in [1.82, 2.24) is 9.97 Å². The SMILES string of the molecule is Cc1nc(N2CCOCC2)nc(N2CCOCC2)c1Br. The van der Waals surface area contributed by atoms with Crippen LogP contribution in [0.5, 0.6) is 0 Å². The molecule has 0 radical (unpaired) electrons. The Balaban J connectivity index is 1.89. The molecule has 7 heteroatoms. The second kappa shape index (κ2) is 6.24. The summed E-state index contributed by atoms with van der Waals surface area (Å²) >= 11 is 3.62. The van der Waals surface area contributed by atoms with Gasteiger partial charge >= 0.3 is 0 Å². The molecule has 1 aromatic heterocycles. The van der Waals surface area contributed by atoms with Gasteiger partial charge in [-0.05, 0) is 22.9 Å². The van der Waals surface area contributed by atoms with Crippen LogP contribution in [0, 0.1) is 6.92 Å². The van der Waals surface area contributed by atoms with E-state index >= 15 is 0 Å². The lowest BCUT2D eigenvalue weighted by Gasteiger charge is -2.31. The molecule has 2 aliphatic rings. The molecule has 1 aromatic rings. The Morgan fingerprint density at radius 3 is 2.05 bits per heavy atom. The summed E-state index contributed by atoms with van der Waals surface area (Å²) in [5.41, 5.74) is 0.975. The number of morpholine rings is 2. The summed E-state index contributed by atoms with van der Waals surface area (Å²) in [6.45, 7) is 8.45. The third-order valence-corrected chi connectivity index (χ3v) is 4.52. The van der Waals surface area contributed by atoms with Gasteiger partial charge in [0, 0.05) is 26.2 Å². The van der Waals surface area contributed by atoms with Crippen molar-refractivity contribution in [2.75, 3.05) is 62.4 Å². The maximum atomic E-state index is 5.41. The van der Waals surface area contributed by atoms with Gasteiger partial charge in [-0.2, -0.15) is 4.98 Å². The number of anilines is 2. The molecule has 0 amide bonds. The zero-order valence-electron chi connectivity index (χ0n) is 11.6. The molecule has 0 atom stereocenters. The lowest BCUT2D eigenvalue weighted by molar-refractivity contribution is 0.121. The highest BCUT2D eigenvalue weighted by Gasteiger charge is 2.21. The highest BCUT2D eigenvalue weighted by Crippen LogP contribution is 2.29. The molecule has 0 aliphatic carbocycles. The van der Waals surface area contributed by atoms with E-state index in [1.807, 2.05) is 6.92 Å². The number of aromatic nitrogens is 2. The standard InChI is InChI=1S/C13H19BrN4O2/c1-10-11(14)12(17-2-6-19-7-3-17)16-13(15-10)18-4-8-20-9-5-18/h2-9H2,1H3. The van der Waals surface area contributed by atoms with E-state index in [0.29, 0.717) is 0 Å². The fraction of sp³-hybridized carbons (Fsp3) is 0.692. The van der Waals surface area contributed by atoms with Crippen LogP contribution in [0.25, 0.3) is 0 Å². The molecule has 0 bridgehead atoms. The van der Waals surface area contributed by atoms with Gasteiger partial charge in [-0.1, -0.05) is 0 Å². The summed E-state index contributed by atoms with van der Waals surface area (Å²) in [5, 5.41) is 0. The zero-order chi connectivity index (χ0) is 13.9. The van der Waals surface area contributed by atoms with Crippen molar-refractivity contribution >= 4 is 27.7 Å². The monoisotopic (exact) mass is 342 g/mol. The van der Waals surface area contributed by atoms with Crippen LogP contribution >= 0.6 is 15.9 Å². The lowest BCUT2D eigenvalue weighted by atomic mass is 10.3. The number of aryl methyl sites for hydroxylation is 1. The highest BCUT2D eigenvalue weighted by molar-refractivity contribution is 9.10. The molecule has 2 fully saturated rings. The topological polar surface area (TPSA) is 50.7 Å². The minimum atomic E-state index is 0.741. The van der Waals surface area contributed by atoms with Crippen molar-refractivity contribution in [3.8, 4) is 0 Å². The van der Waals surface area contributed by atoms with Crippen LogP contribution in [0.4, 0.5) is 11.8 Å². The Morgan fingerprint density at radius 2 is 1.45 bits per heavy atom. The molecular formula is C13H19BrN4O2. The molecule has 3 heterocycles. The second-order valence-electron chi connectivity index (χ2n) is 4.95. The number of rotatable bonds is 2. The van der Waals surface area contributed by atoms with Gasteiger partial charge in [0.2, 0.25) is 5.95 Å². The van der Waals surface area contributed by atoms with Gasteiger partial charge in [-0.3, -0.25) is 0 Å². The summed E-state index contributed by atoms with van der Waals surface area (Å²) in [6.07, 6.45) is 0. The maximum absolute atomic E-state index is 5.41. The quantitative estimate of drug-likeness (QED) is 0.805. The first-order valence-corrected chi connectivity index (χ1v) is 7.74. The molecular weight excluding hydrogens is 324 g/mol. The minimum absolute atomic E-state index is 0.741. The number of nitrogens with zero attached hydrogens (tertiary/aromatic N) is 4. The van der Waals surface area contributed by atoms with Crippen LogP contribution < -0.4 is 9.80 Å². The third kappa shape index (κ3) is 2.89. The van der Waals surface area contributed by atoms with E-state index in [1.165, 1.54) is 0 Å². The molecule has 20 heavy (non-hydrogen) atoms. The largest absolute Gasteiger partial charge is 0.378 e. The Labute approximate surface area is 127 Å². The van der Waals surface area contributed by atoms with E-state index in [1.54, 1.807) is 0 Å². The summed E-state index contributed by atoms with van der Waals surface area (Å²) in [6, 6.07) is 0. The van der Waals surface area contributed by atoms with E-state index in [2.05, 4.69) is 30.7 Å². The van der Waals surface area contributed by atoms with Crippen molar-refractivity contribution in [1.29, 1.82) is 0 Å². The predicted octanol–water partition coefficient (Wildman–Crippen LogP) is 1.22. The summed E-state index contributed by atoms with van der Waals surface area (Å²) in [4.78, 5) is 13.8. The van der Waals surface area contributed by atoms with Crippen LogP contribution in [0.3, 0.4) is 0 Å². The van der Waals surface area contributed by atoms with Crippen LogP contribution in [-0.4, -0.2) is 62.6 Å². The summed E-state index contributed by atoms with van der Waals surface area (Å²) < 4.78 is 11.8. The first-order valence-electron chi connectivity index (χ1n) is 6.95. The van der Waals surface area contributed by atoms with Gasteiger partial charge in [0.1, 0.15) is 5.82 Å². The Morgan fingerprint density at radius 1 is 0.900 bits per heavy atom. The predicted molar refractivity (Wildman–Crippen MR) is 80.5 cm³/mol. The fourth-order valence-electron chi connectivity index (χ4n) is 2.42. The smallest absolute Gasteiger partial charge is 0.227 e. The van der Waals surface area contributed by atoms with Gasteiger partial charge in [-0.25, -0.2) is 4.98 Å². The van der Waals surface area contributed by atoms with Crippen LogP contribution in [0.15, 0.2) is 4.47 Å². The van der Waals surface area contributed by atoms with E-state index < -0.39 is 0 Å². The van der Waals surface area contributed by atoms with Crippen LogP contribution in [0.2, 0.25) is 0 Å². The van der Waals surface area contributed by atoms with Crippen molar-refractivity contribution in [2.24, 2.45) is 0 Å². The second-order valence-corrected chi connectivity index (χ2v) is 5.74. The molecule has 0 N–H and O–H groups in total. The molecule has 0 aromatic carbocycles. The minimum Gasteiger partial charge on any atom is -0.378 e. The van der Waals surface area contributed by atoms with Gasteiger partial charge in [0.25, 0.3) is 0 Å². The van der Waals surface area contributed by atoms with Crippen molar-refractivity contribution in [3.63, 3.8) is 0 Å². The molecule has 6 nitrogen and oxygen atoms in total. The van der Waals surface area contributed by atoms with Gasteiger partial charge < -0.3 is 19.3 Å². The van der Waals surface area contributed by atoms with E-state index in [9.17, 15) is 0 Å². The van der Waals surface area contributed by atoms with Crippen LogP contribution in [-0.2, 0) is 9.47 Å². The first-order chi connectivity index (χ1) is 9.75. The molecule has 3 rings (SSSR count). The zero-order valence-corrected chi connectivity index (χ0v) is 13.2.